The van der Waals surface area contributed by atoms with Crippen molar-refractivity contribution in [2.75, 3.05) is 26.2 Å². The van der Waals surface area contributed by atoms with Gasteiger partial charge in [-0.05, 0) is 12.8 Å². The molecule has 4 N–H and O–H groups in total. The molecule has 0 aromatic heterocycles. The van der Waals surface area contributed by atoms with Crippen LogP contribution < -0.4 is 11.5 Å². The van der Waals surface area contributed by atoms with Crippen molar-refractivity contribution in [3.8, 4) is 0 Å². The van der Waals surface area contributed by atoms with Crippen molar-refractivity contribution in [1.29, 1.82) is 0 Å². The summed E-state index contributed by atoms with van der Waals surface area (Å²) in [4.78, 5) is 2.49. The smallest absolute Gasteiger partial charge is 0.0108 e. The van der Waals surface area contributed by atoms with Crippen molar-refractivity contribution in [2.24, 2.45) is 11.5 Å². The number of rotatable bonds is 5. The van der Waals surface area contributed by atoms with Gasteiger partial charge in [0.1, 0.15) is 0 Å². The zero-order valence-corrected chi connectivity index (χ0v) is 9.25. The molecule has 0 spiro atoms. The first-order valence-corrected chi connectivity index (χ1v) is 6.02. The molecule has 3 heteroatoms. The van der Waals surface area contributed by atoms with Crippen LogP contribution in [-0.2, 0) is 0 Å². The maximum atomic E-state index is 5.62. The van der Waals surface area contributed by atoms with Gasteiger partial charge < -0.3 is 11.5 Å². The van der Waals surface area contributed by atoms with Gasteiger partial charge in [0.25, 0.3) is 0 Å². The molecular weight excluding hydrogens is 174 g/mol. The molecule has 1 rings (SSSR count). The zero-order valence-electron chi connectivity index (χ0n) is 9.25. The van der Waals surface area contributed by atoms with Crippen LogP contribution in [0.25, 0.3) is 0 Å². The second-order valence-electron chi connectivity index (χ2n) is 4.26. The van der Waals surface area contributed by atoms with Crippen molar-refractivity contribution in [3.63, 3.8) is 0 Å². The first-order valence-electron chi connectivity index (χ1n) is 6.02. The molecular formula is C11H25N3. The van der Waals surface area contributed by atoms with E-state index in [-0.39, 0.29) is 0 Å². The lowest BCUT2D eigenvalue weighted by Gasteiger charge is -2.30. The van der Waals surface area contributed by atoms with Gasteiger partial charge in [0.2, 0.25) is 0 Å². The van der Waals surface area contributed by atoms with Crippen LogP contribution in [0.3, 0.4) is 0 Å². The van der Waals surface area contributed by atoms with E-state index in [1.54, 1.807) is 0 Å². The van der Waals surface area contributed by atoms with Crippen LogP contribution in [0.15, 0.2) is 0 Å². The van der Waals surface area contributed by atoms with Gasteiger partial charge in [-0.2, -0.15) is 0 Å². The molecule has 1 aliphatic rings. The molecule has 84 valence electrons. The highest BCUT2D eigenvalue weighted by molar-refractivity contribution is 4.75. The fourth-order valence-electron chi connectivity index (χ4n) is 2.43. The van der Waals surface area contributed by atoms with Crippen LogP contribution in [0.2, 0.25) is 0 Å². The summed E-state index contributed by atoms with van der Waals surface area (Å²) in [7, 11) is 0. The Kier molecular flexibility index (Phi) is 6.15. The third-order valence-corrected chi connectivity index (χ3v) is 3.17. The molecule has 0 atom stereocenters. The molecule has 3 nitrogen and oxygen atoms in total. The zero-order chi connectivity index (χ0) is 10.2. The van der Waals surface area contributed by atoms with E-state index in [0.717, 1.165) is 32.2 Å². The van der Waals surface area contributed by atoms with Crippen LogP contribution in [0, 0.1) is 0 Å². The Morgan fingerprint density at radius 1 is 0.857 bits per heavy atom. The van der Waals surface area contributed by atoms with Gasteiger partial charge in [0.15, 0.2) is 0 Å². The Morgan fingerprint density at radius 3 is 1.79 bits per heavy atom. The fraction of sp³-hybridized carbons (Fsp3) is 1.00. The minimum absolute atomic E-state index is 0.754. The molecule has 0 amide bonds. The standard InChI is InChI=1S/C11H25N3/c12-7-9-14(10-8-13)11-5-3-1-2-4-6-11/h11H,1-10,12-13H2. The van der Waals surface area contributed by atoms with Crippen molar-refractivity contribution in [3.05, 3.63) is 0 Å². The Bertz CT molecular complexity index is 124. The number of hydrogen-bond acceptors (Lipinski definition) is 3. The molecule has 0 aromatic carbocycles. The van der Waals surface area contributed by atoms with E-state index in [9.17, 15) is 0 Å². The number of nitrogens with zero attached hydrogens (tertiary/aromatic N) is 1. The van der Waals surface area contributed by atoms with Gasteiger partial charge >= 0.3 is 0 Å². The lowest BCUT2D eigenvalue weighted by molar-refractivity contribution is 0.189. The average Bonchev–Trinajstić information content (AvgIpc) is 2.45. The van der Waals surface area contributed by atoms with Gasteiger partial charge in [-0.3, -0.25) is 4.90 Å². The van der Waals surface area contributed by atoms with Crippen molar-refractivity contribution in [1.82, 2.24) is 4.90 Å². The van der Waals surface area contributed by atoms with Crippen molar-refractivity contribution < 1.29 is 0 Å². The van der Waals surface area contributed by atoms with Crippen molar-refractivity contribution >= 4 is 0 Å². The normalized spacial score (nSPS) is 19.9. The Hall–Kier alpha value is -0.120. The summed E-state index contributed by atoms with van der Waals surface area (Å²) in [6.07, 6.45) is 8.29. The largest absolute Gasteiger partial charge is 0.329 e. The highest BCUT2D eigenvalue weighted by atomic mass is 15.2. The second kappa shape index (κ2) is 7.21. The molecule has 14 heavy (non-hydrogen) atoms. The van der Waals surface area contributed by atoms with Gasteiger partial charge in [0, 0.05) is 32.2 Å². The molecule has 0 aliphatic heterocycles. The molecule has 0 aromatic rings. The third-order valence-electron chi connectivity index (χ3n) is 3.17. The quantitative estimate of drug-likeness (QED) is 0.648. The summed E-state index contributed by atoms with van der Waals surface area (Å²) < 4.78 is 0. The number of hydrogen-bond donors (Lipinski definition) is 2. The SMILES string of the molecule is NCCN(CCN)C1CCCCCC1. The van der Waals surface area contributed by atoms with E-state index >= 15 is 0 Å². The summed E-state index contributed by atoms with van der Waals surface area (Å²) in [5.41, 5.74) is 11.2. The van der Waals surface area contributed by atoms with E-state index in [4.69, 9.17) is 11.5 Å². The van der Waals surface area contributed by atoms with Crippen LogP contribution in [-0.4, -0.2) is 37.1 Å². The van der Waals surface area contributed by atoms with Crippen LogP contribution in [0.4, 0.5) is 0 Å². The lowest BCUT2D eigenvalue weighted by atomic mass is 10.1. The van der Waals surface area contributed by atoms with Crippen molar-refractivity contribution in [2.45, 2.75) is 44.6 Å². The molecule has 1 fully saturated rings. The Balaban J connectivity index is 2.38. The predicted octanol–water partition coefficient (Wildman–Crippen LogP) is 0.929. The van der Waals surface area contributed by atoms with E-state index in [2.05, 4.69) is 4.90 Å². The lowest BCUT2D eigenvalue weighted by Crippen LogP contribution is -2.41. The van der Waals surface area contributed by atoms with Gasteiger partial charge in [-0.25, -0.2) is 0 Å². The second-order valence-corrected chi connectivity index (χ2v) is 4.26. The highest BCUT2D eigenvalue weighted by Gasteiger charge is 2.18. The topological polar surface area (TPSA) is 55.3 Å². The summed E-state index contributed by atoms with van der Waals surface area (Å²) in [5, 5.41) is 0. The molecule has 0 unspecified atom stereocenters. The first kappa shape index (κ1) is 12.0. The fourth-order valence-corrected chi connectivity index (χ4v) is 2.43. The summed E-state index contributed by atoms with van der Waals surface area (Å²) in [6.45, 7) is 3.55. The minimum atomic E-state index is 0.754. The minimum Gasteiger partial charge on any atom is -0.329 e. The third kappa shape index (κ3) is 3.95. The highest BCUT2D eigenvalue weighted by Crippen LogP contribution is 2.21. The van der Waals surface area contributed by atoms with Crippen LogP contribution in [0.1, 0.15) is 38.5 Å². The van der Waals surface area contributed by atoms with E-state index in [1.165, 1.54) is 38.5 Å². The van der Waals surface area contributed by atoms with Crippen LogP contribution >= 0.6 is 0 Å². The Morgan fingerprint density at radius 2 is 1.36 bits per heavy atom. The molecule has 0 radical (unpaired) electrons. The molecule has 0 bridgehead atoms. The van der Waals surface area contributed by atoms with Gasteiger partial charge in [-0.15, -0.1) is 0 Å². The van der Waals surface area contributed by atoms with Crippen LogP contribution in [0.5, 0.6) is 0 Å². The van der Waals surface area contributed by atoms with E-state index in [1.807, 2.05) is 0 Å². The maximum Gasteiger partial charge on any atom is 0.0108 e. The molecule has 1 aliphatic carbocycles. The average molecular weight is 199 g/mol. The Labute approximate surface area is 87.8 Å². The van der Waals surface area contributed by atoms with Gasteiger partial charge in [0.05, 0.1) is 0 Å². The summed E-state index contributed by atoms with van der Waals surface area (Å²) in [6, 6.07) is 0.754. The molecule has 0 saturated heterocycles. The predicted molar refractivity (Wildman–Crippen MR) is 61.2 cm³/mol. The summed E-state index contributed by atoms with van der Waals surface area (Å²) >= 11 is 0. The van der Waals surface area contributed by atoms with Gasteiger partial charge in [-0.1, -0.05) is 25.7 Å². The first-order chi connectivity index (χ1) is 6.88. The number of nitrogens with two attached hydrogens (primary N) is 2. The molecule has 1 saturated carbocycles. The molecule has 0 heterocycles. The van der Waals surface area contributed by atoms with E-state index in [0.29, 0.717) is 0 Å². The summed E-state index contributed by atoms with van der Waals surface area (Å²) in [5.74, 6) is 0. The monoisotopic (exact) mass is 199 g/mol. The maximum absolute atomic E-state index is 5.62. The van der Waals surface area contributed by atoms with E-state index < -0.39 is 0 Å².